The van der Waals surface area contributed by atoms with E-state index in [1.54, 1.807) is 0 Å². The highest BCUT2D eigenvalue weighted by molar-refractivity contribution is 5.67. The molecule has 1 aromatic rings. The van der Waals surface area contributed by atoms with Gasteiger partial charge in [-0.3, -0.25) is 0 Å². The van der Waals surface area contributed by atoms with Crippen molar-refractivity contribution in [2.24, 2.45) is 0 Å². The largest absolute Gasteiger partial charge is 0.445 e. The number of hydrogen-bond acceptors (Lipinski definition) is 4. The van der Waals surface area contributed by atoms with E-state index in [2.05, 4.69) is 16.0 Å². The van der Waals surface area contributed by atoms with Crippen molar-refractivity contribution < 1.29 is 9.53 Å². The fourth-order valence-electron chi connectivity index (χ4n) is 1.26. The van der Waals surface area contributed by atoms with Crippen LogP contribution in [0.3, 0.4) is 0 Å². The van der Waals surface area contributed by atoms with Crippen molar-refractivity contribution in [1.29, 1.82) is 0 Å². The Hall–Kier alpha value is -1.75. The van der Waals surface area contributed by atoms with E-state index in [0.29, 0.717) is 6.54 Å². The summed E-state index contributed by atoms with van der Waals surface area (Å²) in [4.78, 5) is 11.2. The van der Waals surface area contributed by atoms with E-state index in [4.69, 9.17) is 4.74 Å². The topological polar surface area (TPSA) is 62.4 Å². The van der Waals surface area contributed by atoms with Gasteiger partial charge >= 0.3 is 6.09 Å². The maximum atomic E-state index is 11.2. The summed E-state index contributed by atoms with van der Waals surface area (Å²) in [6, 6.07) is 7.73. The Morgan fingerprint density at radius 2 is 1.88 bits per heavy atom. The second kappa shape index (κ2) is 7.51. The summed E-state index contributed by atoms with van der Waals surface area (Å²) in [5.74, 6) is 0. The third-order valence-corrected chi connectivity index (χ3v) is 2.26. The Morgan fingerprint density at radius 1 is 1.18 bits per heavy atom. The average molecular weight is 237 g/mol. The Morgan fingerprint density at radius 3 is 2.47 bits per heavy atom. The number of ether oxygens (including phenoxy) is 1. The number of carbonyl (C=O) groups is 1. The molecule has 3 N–H and O–H groups in total. The molecule has 0 radical (unpaired) electrons. The molecule has 0 saturated heterocycles. The highest BCUT2D eigenvalue weighted by Crippen LogP contribution is 2.09. The maximum Gasteiger partial charge on any atom is 0.407 e. The molecule has 1 aromatic carbocycles. The maximum absolute atomic E-state index is 11.2. The minimum absolute atomic E-state index is 0.287. The third-order valence-electron chi connectivity index (χ3n) is 2.26. The molecule has 5 heteroatoms. The number of hydrogen-bond donors (Lipinski definition) is 3. The van der Waals surface area contributed by atoms with Crippen LogP contribution in [-0.4, -0.2) is 33.3 Å². The molecular formula is C12H19N3O2. The van der Waals surface area contributed by atoms with Gasteiger partial charge in [0.25, 0.3) is 0 Å². The molecule has 0 aliphatic rings. The summed E-state index contributed by atoms with van der Waals surface area (Å²) in [6.07, 6.45) is -0.391. The fraction of sp³-hybridized carbons (Fsp3) is 0.417. The standard InChI is InChI=1S/C12H19N3O2/c1-13-7-8-15-12(16)17-9-10-3-5-11(14-2)6-4-10/h3-6,13-14H,7-9H2,1-2H3,(H,15,16). The smallest absolute Gasteiger partial charge is 0.407 e. The van der Waals surface area contributed by atoms with E-state index in [0.717, 1.165) is 17.8 Å². The second-order valence-corrected chi connectivity index (χ2v) is 3.55. The normalized spacial score (nSPS) is 9.76. The summed E-state index contributed by atoms with van der Waals surface area (Å²) in [5, 5.41) is 8.60. The lowest BCUT2D eigenvalue weighted by atomic mass is 10.2. The molecule has 17 heavy (non-hydrogen) atoms. The second-order valence-electron chi connectivity index (χ2n) is 3.55. The average Bonchev–Trinajstić information content (AvgIpc) is 2.37. The molecular weight excluding hydrogens is 218 g/mol. The van der Waals surface area contributed by atoms with Crippen molar-refractivity contribution in [2.75, 3.05) is 32.5 Å². The molecule has 0 unspecified atom stereocenters. The van der Waals surface area contributed by atoms with E-state index in [9.17, 15) is 4.79 Å². The van der Waals surface area contributed by atoms with E-state index in [1.807, 2.05) is 38.4 Å². The number of rotatable bonds is 6. The van der Waals surface area contributed by atoms with E-state index in [-0.39, 0.29) is 6.61 Å². The first-order valence-electron chi connectivity index (χ1n) is 5.58. The number of carbonyl (C=O) groups excluding carboxylic acids is 1. The highest BCUT2D eigenvalue weighted by atomic mass is 16.5. The Balaban J connectivity index is 2.27. The fourth-order valence-corrected chi connectivity index (χ4v) is 1.26. The first kappa shape index (κ1) is 13.3. The van der Waals surface area contributed by atoms with Gasteiger partial charge in [-0.15, -0.1) is 0 Å². The Labute approximate surface area is 102 Å². The van der Waals surface area contributed by atoms with Gasteiger partial charge in [0.15, 0.2) is 0 Å². The van der Waals surface area contributed by atoms with Crippen LogP contribution in [0.2, 0.25) is 0 Å². The molecule has 0 saturated carbocycles. The lowest BCUT2D eigenvalue weighted by molar-refractivity contribution is 0.140. The van der Waals surface area contributed by atoms with Gasteiger partial charge in [-0.2, -0.15) is 0 Å². The van der Waals surface area contributed by atoms with Crippen LogP contribution in [0.15, 0.2) is 24.3 Å². The summed E-state index contributed by atoms with van der Waals surface area (Å²) >= 11 is 0. The van der Waals surface area contributed by atoms with Gasteiger partial charge in [0.05, 0.1) is 0 Å². The zero-order chi connectivity index (χ0) is 12.5. The minimum atomic E-state index is -0.391. The first-order valence-corrected chi connectivity index (χ1v) is 5.58. The van der Waals surface area contributed by atoms with E-state index in [1.165, 1.54) is 0 Å². The summed E-state index contributed by atoms with van der Waals surface area (Å²) in [6.45, 7) is 1.58. The van der Waals surface area contributed by atoms with Crippen LogP contribution in [0.4, 0.5) is 10.5 Å². The number of likely N-dealkylation sites (N-methyl/N-ethyl adjacent to an activating group) is 1. The first-order chi connectivity index (χ1) is 8.26. The van der Waals surface area contributed by atoms with Gasteiger partial charge in [-0.05, 0) is 24.7 Å². The zero-order valence-corrected chi connectivity index (χ0v) is 10.2. The summed E-state index contributed by atoms with van der Waals surface area (Å²) < 4.78 is 5.05. The van der Waals surface area contributed by atoms with Gasteiger partial charge < -0.3 is 20.7 Å². The molecule has 1 amide bonds. The molecule has 0 aliphatic carbocycles. The molecule has 0 spiro atoms. The van der Waals surface area contributed by atoms with E-state index >= 15 is 0 Å². The molecule has 0 fully saturated rings. The summed E-state index contributed by atoms with van der Waals surface area (Å²) in [5.41, 5.74) is 2.00. The van der Waals surface area contributed by atoms with Gasteiger partial charge in [0.2, 0.25) is 0 Å². The monoisotopic (exact) mass is 237 g/mol. The van der Waals surface area contributed by atoms with Gasteiger partial charge in [-0.25, -0.2) is 4.79 Å². The number of anilines is 1. The lowest BCUT2D eigenvalue weighted by Gasteiger charge is -2.07. The molecule has 0 atom stereocenters. The van der Waals surface area contributed by atoms with E-state index < -0.39 is 6.09 Å². The van der Waals surface area contributed by atoms with Crippen LogP contribution in [0, 0.1) is 0 Å². The highest BCUT2D eigenvalue weighted by Gasteiger charge is 2.01. The number of amides is 1. The van der Waals surface area contributed by atoms with Crippen molar-refractivity contribution in [3.63, 3.8) is 0 Å². The van der Waals surface area contributed by atoms with Crippen LogP contribution in [0.25, 0.3) is 0 Å². The van der Waals surface area contributed by atoms with Crippen molar-refractivity contribution >= 4 is 11.8 Å². The number of alkyl carbamates (subject to hydrolysis) is 1. The van der Waals surface area contributed by atoms with Crippen molar-refractivity contribution in [3.8, 4) is 0 Å². The predicted octanol–water partition coefficient (Wildman–Crippen LogP) is 1.17. The van der Waals surface area contributed by atoms with Gasteiger partial charge in [0.1, 0.15) is 6.61 Å². The van der Waals surface area contributed by atoms with Crippen molar-refractivity contribution in [2.45, 2.75) is 6.61 Å². The molecule has 94 valence electrons. The Bertz CT molecular complexity index is 338. The van der Waals surface area contributed by atoms with Crippen LogP contribution in [-0.2, 0) is 11.3 Å². The molecule has 5 nitrogen and oxygen atoms in total. The van der Waals surface area contributed by atoms with Crippen LogP contribution < -0.4 is 16.0 Å². The summed E-state index contributed by atoms with van der Waals surface area (Å²) in [7, 11) is 3.69. The quantitative estimate of drug-likeness (QED) is 0.650. The third kappa shape index (κ3) is 5.21. The van der Waals surface area contributed by atoms with Crippen LogP contribution >= 0.6 is 0 Å². The Kier molecular flexibility index (Phi) is 5.88. The van der Waals surface area contributed by atoms with Gasteiger partial charge in [-0.1, -0.05) is 12.1 Å². The van der Waals surface area contributed by atoms with Crippen molar-refractivity contribution in [3.05, 3.63) is 29.8 Å². The zero-order valence-electron chi connectivity index (χ0n) is 10.2. The molecule has 0 bridgehead atoms. The number of benzene rings is 1. The van der Waals surface area contributed by atoms with Crippen molar-refractivity contribution in [1.82, 2.24) is 10.6 Å². The van der Waals surface area contributed by atoms with Gasteiger partial charge in [0, 0.05) is 25.8 Å². The molecule has 1 rings (SSSR count). The lowest BCUT2D eigenvalue weighted by Crippen LogP contribution is -2.30. The van der Waals surface area contributed by atoms with Crippen LogP contribution in [0.5, 0.6) is 0 Å². The molecule has 0 aromatic heterocycles. The minimum Gasteiger partial charge on any atom is -0.445 e. The SMILES string of the molecule is CNCCNC(=O)OCc1ccc(NC)cc1. The predicted molar refractivity (Wildman–Crippen MR) is 68.1 cm³/mol. The van der Waals surface area contributed by atoms with Crippen LogP contribution in [0.1, 0.15) is 5.56 Å². The molecule has 0 aliphatic heterocycles. The number of nitrogens with one attached hydrogen (secondary N) is 3. The molecule has 0 heterocycles.